The van der Waals surface area contributed by atoms with Crippen molar-refractivity contribution in [2.24, 2.45) is 0 Å². The second-order valence-corrected chi connectivity index (χ2v) is 4.20. The number of nitrogens with one attached hydrogen (secondary N) is 1. The molecule has 7 nitrogen and oxygen atoms in total. The molecule has 0 aromatic rings. The largest absolute Gasteiger partial charge is 0.459 e. The van der Waals surface area contributed by atoms with E-state index in [4.69, 9.17) is 4.74 Å². The van der Waals surface area contributed by atoms with Crippen molar-refractivity contribution in [1.82, 2.24) is 10.4 Å². The quantitative estimate of drug-likeness (QED) is 0.412. The Labute approximate surface area is 100 Å². The van der Waals surface area contributed by atoms with E-state index >= 15 is 0 Å². The highest BCUT2D eigenvalue weighted by Crippen LogP contribution is 2.08. The summed E-state index contributed by atoms with van der Waals surface area (Å²) >= 11 is 0. The molecule has 1 N–H and O–H groups in total. The smallest absolute Gasteiger partial charge is 0.428 e. The highest BCUT2D eigenvalue weighted by atomic mass is 16.6. The van der Waals surface area contributed by atoms with Crippen LogP contribution in [0.4, 0.5) is 4.79 Å². The molecule has 0 aromatic heterocycles. The third-order valence-electron chi connectivity index (χ3n) is 1.40. The Morgan fingerprint density at radius 2 is 1.76 bits per heavy atom. The van der Waals surface area contributed by atoms with Gasteiger partial charge in [0.1, 0.15) is 5.60 Å². The molecule has 0 spiro atoms. The van der Waals surface area contributed by atoms with E-state index in [0.717, 1.165) is 5.01 Å². The maximum Gasteiger partial charge on any atom is 0.428 e. The van der Waals surface area contributed by atoms with E-state index in [9.17, 15) is 14.4 Å². The fourth-order valence-corrected chi connectivity index (χ4v) is 0.771. The Balaban J connectivity index is 4.26. The van der Waals surface area contributed by atoms with Gasteiger partial charge in [0.05, 0.1) is 6.61 Å². The van der Waals surface area contributed by atoms with Crippen LogP contribution in [0.3, 0.4) is 0 Å². The Hall–Kier alpha value is -1.79. The van der Waals surface area contributed by atoms with Gasteiger partial charge in [-0.1, -0.05) is 0 Å². The van der Waals surface area contributed by atoms with Crippen molar-refractivity contribution in [2.45, 2.75) is 33.3 Å². The first-order valence-corrected chi connectivity index (χ1v) is 5.11. The molecule has 0 atom stereocenters. The average Bonchev–Trinajstić information content (AvgIpc) is 2.15. The summed E-state index contributed by atoms with van der Waals surface area (Å²) < 4.78 is 9.42. The standard InChI is InChI=1S/C10H18N2O5/c1-6-16-8(14)7(13)11-12(5)9(15)17-10(2,3)4/h6H2,1-5H3,(H,11,13). The SMILES string of the molecule is CCOC(=O)C(=O)NN(C)C(=O)OC(C)(C)C. The number of carbonyl (C=O) groups is 3. The summed E-state index contributed by atoms with van der Waals surface area (Å²) in [5.74, 6) is -2.08. The molecule has 0 fully saturated rings. The van der Waals surface area contributed by atoms with Gasteiger partial charge in [-0.05, 0) is 27.7 Å². The number of amides is 2. The molecule has 0 unspecified atom stereocenters. The first-order valence-electron chi connectivity index (χ1n) is 5.11. The van der Waals surface area contributed by atoms with E-state index in [-0.39, 0.29) is 6.61 Å². The third kappa shape index (κ3) is 6.39. The van der Waals surface area contributed by atoms with Crippen LogP contribution >= 0.6 is 0 Å². The number of esters is 1. The molecule has 7 heteroatoms. The van der Waals surface area contributed by atoms with Crippen LogP contribution in [0, 0.1) is 0 Å². The zero-order valence-electron chi connectivity index (χ0n) is 10.7. The van der Waals surface area contributed by atoms with Gasteiger partial charge in [0.15, 0.2) is 0 Å². The van der Waals surface area contributed by atoms with Gasteiger partial charge in [0.2, 0.25) is 0 Å². The molecule has 17 heavy (non-hydrogen) atoms. The van der Waals surface area contributed by atoms with Crippen LogP contribution in [0.25, 0.3) is 0 Å². The molecule has 0 heterocycles. The lowest BCUT2D eigenvalue weighted by Crippen LogP contribution is -2.48. The highest BCUT2D eigenvalue weighted by Gasteiger charge is 2.23. The lowest BCUT2D eigenvalue weighted by Gasteiger charge is -2.24. The average molecular weight is 246 g/mol. The number of rotatable bonds is 1. The van der Waals surface area contributed by atoms with Crippen molar-refractivity contribution >= 4 is 18.0 Å². The molecule has 0 radical (unpaired) electrons. The lowest BCUT2D eigenvalue weighted by atomic mass is 10.2. The van der Waals surface area contributed by atoms with Gasteiger partial charge in [0.25, 0.3) is 0 Å². The number of hydrogen-bond acceptors (Lipinski definition) is 5. The topological polar surface area (TPSA) is 84.9 Å². The number of ether oxygens (including phenoxy) is 2. The normalized spacial score (nSPS) is 10.4. The third-order valence-corrected chi connectivity index (χ3v) is 1.40. The van der Waals surface area contributed by atoms with E-state index in [1.54, 1.807) is 27.7 Å². The molecule has 98 valence electrons. The minimum Gasteiger partial charge on any atom is -0.459 e. The van der Waals surface area contributed by atoms with Gasteiger partial charge in [-0.25, -0.2) is 14.6 Å². The molecule has 0 aliphatic carbocycles. The molecule has 0 saturated heterocycles. The zero-order chi connectivity index (χ0) is 13.6. The van der Waals surface area contributed by atoms with E-state index < -0.39 is 23.6 Å². The molecule has 0 aliphatic heterocycles. The summed E-state index contributed by atoms with van der Waals surface area (Å²) in [6, 6.07) is 0. The Bertz CT molecular complexity index is 308. The molecule has 0 bridgehead atoms. The Kier molecular flexibility index (Phi) is 5.43. The monoisotopic (exact) mass is 246 g/mol. The van der Waals surface area contributed by atoms with Crippen molar-refractivity contribution < 1.29 is 23.9 Å². The maximum absolute atomic E-state index is 11.4. The maximum atomic E-state index is 11.4. The predicted molar refractivity (Wildman–Crippen MR) is 58.8 cm³/mol. The number of carbonyl (C=O) groups excluding carboxylic acids is 3. The van der Waals surface area contributed by atoms with Gasteiger partial charge in [-0.2, -0.15) is 0 Å². The van der Waals surface area contributed by atoms with Crippen LogP contribution in [0.15, 0.2) is 0 Å². The summed E-state index contributed by atoms with van der Waals surface area (Å²) in [4.78, 5) is 33.6. The van der Waals surface area contributed by atoms with Gasteiger partial charge in [-0.3, -0.25) is 10.2 Å². The minimum absolute atomic E-state index is 0.0857. The zero-order valence-corrected chi connectivity index (χ0v) is 10.7. The van der Waals surface area contributed by atoms with Crippen molar-refractivity contribution in [3.63, 3.8) is 0 Å². The van der Waals surface area contributed by atoms with Gasteiger partial charge in [-0.15, -0.1) is 0 Å². The second-order valence-electron chi connectivity index (χ2n) is 4.20. The molecular formula is C10H18N2O5. The van der Waals surface area contributed by atoms with Crippen LogP contribution in [0.2, 0.25) is 0 Å². The Morgan fingerprint density at radius 1 is 1.24 bits per heavy atom. The van der Waals surface area contributed by atoms with Crippen LogP contribution in [0.1, 0.15) is 27.7 Å². The summed E-state index contributed by atoms with van der Waals surface area (Å²) in [6.07, 6.45) is -0.768. The predicted octanol–water partition coefficient (Wildman–Crippen LogP) is 0.448. The van der Waals surface area contributed by atoms with E-state index in [0.29, 0.717) is 0 Å². The molecule has 0 rings (SSSR count). The van der Waals surface area contributed by atoms with Crippen LogP contribution in [-0.4, -0.2) is 42.2 Å². The van der Waals surface area contributed by atoms with E-state index in [2.05, 4.69) is 4.74 Å². The second kappa shape index (κ2) is 6.07. The van der Waals surface area contributed by atoms with Crippen molar-refractivity contribution in [3.05, 3.63) is 0 Å². The fraction of sp³-hybridized carbons (Fsp3) is 0.700. The highest BCUT2D eigenvalue weighted by molar-refractivity contribution is 6.32. The number of nitrogens with zero attached hydrogens (tertiary/aromatic N) is 1. The summed E-state index contributed by atoms with van der Waals surface area (Å²) in [5, 5.41) is 0.782. The number of hydrogen-bond donors (Lipinski definition) is 1. The molecule has 0 saturated carbocycles. The summed E-state index contributed by atoms with van der Waals surface area (Å²) in [6.45, 7) is 6.72. The first-order chi connectivity index (χ1) is 7.67. The van der Waals surface area contributed by atoms with E-state index in [1.807, 2.05) is 5.43 Å². The fourth-order valence-electron chi connectivity index (χ4n) is 0.771. The molecular weight excluding hydrogens is 228 g/mol. The van der Waals surface area contributed by atoms with Crippen molar-refractivity contribution in [2.75, 3.05) is 13.7 Å². The van der Waals surface area contributed by atoms with Gasteiger partial charge >= 0.3 is 18.0 Å². The molecule has 0 aliphatic rings. The van der Waals surface area contributed by atoms with Crippen LogP contribution in [-0.2, 0) is 19.1 Å². The van der Waals surface area contributed by atoms with Gasteiger partial charge in [0, 0.05) is 7.05 Å². The van der Waals surface area contributed by atoms with Crippen molar-refractivity contribution in [1.29, 1.82) is 0 Å². The van der Waals surface area contributed by atoms with Gasteiger partial charge < -0.3 is 9.47 Å². The molecule has 2 amide bonds. The van der Waals surface area contributed by atoms with E-state index in [1.165, 1.54) is 7.05 Å². The van der Waals surface area contributed by atoms with Crippen LogP contribution in [0.5, 0.6) is 0 Å². The van der Waals surface area contributed by atoms with Crippen LogP contribution < -0.4 is 5.43 Å². The summed E-state index contributed by atoms with van der Waals surface area (Å²) in [5.41, 5.74) is 1.35. The first kappa shape index (κ1) is 15.2. The minimum atomic E-state index is -1.05. The molecule has 0 aromatic carbocycles. The Morgan fingerprint density at radius 3 is 2.18 bits per heavy atom. The van der Waals surface area contributed by atoms with Crippen molar-refractivity contribution in [3.8, 4) is 0 Å². The summed E-state index contributed by atoms with van der Waals surface area (Å²) in [7, 11) is 1.27. The number of hydrazine groups is 1. The lowest BCUT2D eigenvalue weighted by molar-refractivity contribution is -0.156.